The van der Waals surface area contributed by atoms with Crippen LogP contribution in [0.1, 0.15) is 17.4 Å². The van der Waals surface area contributed by atoms with Gasteiger partial charge in [0.25, 0.3) is 0 Å². The quantitative estimate of drug-likeness (QED) is 0.652. The second-order valence-corrected chi connectivity index (χ2v) is 5.72. The number of nitrogens with zero attached hydrogens (tertiary/aromatic N) is 2. The molecule has 0 aliphatic carbocycles. The van der Waals surface area contributed by atoms with Crippen LogP contribution in [0.3, 0.4) is 0 Å². The molecule has 0 unspecified atom stereocenters. The average molecular weight is 336 g/mol. The molecule has 0 aliphatic heterocycles. The van der Waals surface area contributed by atoms with Crippen LogP contribution in [-0.2, 0) is 4.74 Å². The summed E-state index contributed by atoms with van der Waals surface area (Å²) >= 11 is 0. The molecule has 3 rings (SSSR count). The van der Waals surface area contributed by atoms with E-state index in [2.05, 4.69) is 4.98 Å². The topological polar surface area (TPSA) is 55.6 Å². The van der Waals surface area contributed by atoms with E-state index in [1.165, 1.54) is 0 Å². The van der Waals surface area contributed by atoms with E-state index < -0.39 is 5.97 Å². The molecule has 5 heteroatoms. The Morgan fingerprint density at radius 3 is 2.32 bits per heavy atom. The van der Waals surface area contributed by atoms with Gasteiger partial charge in [0.2, 0.25) is 5.89 Å². The Morgan fingerprint density at radius 1 is 1.04 bits per heavy atom. The highest BCUT2D eigenvalue weighted by Gasteiger charge is 2.23. The minimum absolute atomic E-state index is 0.194. The van der Waals surface area contributed by atoms with Crippen LogP contribution in [-0.4, -0.2) is 31.7 Å². The molecule has 0 atom stereocenters. The van der Waals surface area contributed by atoms with Crippen molar-refractivity contribution in [1.29, 1.82) is 0 Å². The highest BCUT2D eigenvalue weighted by molar-refractivity contribution is 5.94. The normalized spacial score (nSPS) is 10.5. The van der Waals surface area contributed by atoms with Gasteiger partial charge >= 0.3 is 5.97 Å². The Labute approximate surface area is 146 Å². The maximum atomic E-state index is 12.3. The Kier molecular flexibility index (Phi) is 4.84. The second-order valence-electron chi connectivity index (χ2n) is 5.72. The Balaban J connectivity index is 2.05. The number of rotatable bonds is 5. The summed E-state index contributed by atoms with van der Waals surface area (Å²) in [6, 6.07) is 17.2. The lowest BCUT2D eigenvalue weighted by molar-refractivity contribution is 0.0520. The summed E-state index contributed by atoms with van der Waals surface area (Å²) in [5.41, 5.74) is 2.86. The van der Waals surface area contributed by atoms with E-state index >= 15 is 0 Å². The maximum absolute atomic E-state index is 12.3. The molecule has 2 aromatic carbocycles. The van der Waals surface area contributed by atoms with Crippen LogP contribution in [0.4, 0.5) is 5.69 Å². The lowest BCUT2D eigenvalue weighted by atomic mass is 10.1. The first-order valence-corrected chi connectivity index (χ1v) is 8.11. The fourth-order valence-electron chi connectivity index (χ4n) is 2.47. The summed E-state index contributed by atoms with van der Waals surface area (Å²) in [6.07, 6.45) is 0. The van der Waals surface area contributed by atoms with Crippen molar-refractivity contribution in [2.75, 3.05) is 25.6 Å². The van der Waals surface area contributed by atoms with Gasteiger partial charge in [0.15, 0.2) is 11.5 Å². The average Bonchev–Trinajstić information content (AvgIpc) is 3.08. The van der Waals surface area contributed by atoms with Crippen molar-refractivity contribution in [1.82, 2.24) is 4.98 Å². The van der Waals surface area contributed by atoms with E-state index in [1.54, 1.807) is 6.92 Å². The fourth-order valence-corrected chi connectivity index (χ4v) is 2.47. The summed E-state index contributed by atoms with van der Waals surface area (Å²) < 4.78 is 11.1. The van der Waals surface area contributed by atoms with Gasteiger partial charge in [-0.25, -0.2) is 9.78 Å². The van der Waals surface area contributed by atoms with E-state index in [0.717, 1.165) is 16.8 Å². The zero-order valence-electron chi connectivity index (χ0n) is 14.5. The largest absolute Gasteiger partial charge is 0.461 e. The molecular formula is C20H20N2O3. The second kappa shape index (κ2) is 7.21. The lowest BCUT2D eigenvalue weighted by Gasteiger charge is -2.11. The Morgan fingerprint density at radius 2 is 1.72 bits per heavy atom. The molecule has 0 N–H and O–H groups in total. The van der Waals surface area contributed by atoms with Gasteiger partial charge in [-0.05, 0) is 31.2 Å². The number of carbonyl (C=O) groups excluding carboxylic acids is 1. The number of carbonyl (C=O) groups is 1. The van der Waals surface area contributed by atoms with Gasteiger partial charge in [0, 0.05) is 30.9 Å². The van der Waals surface area contributed by atoms with Crippen LogP contribution in [0.15, 0.2) is 59.0 Å². The van der Waals surface area contributed by atoms with Crippen molar-refractivity contribution in [2.24, 2.45) is 0 Å². The minimum Gasteiger partial charge on any atom is -0.461 e. The number of oxazole rings is 1. The van der Waals surface area contributed by atoms with Gasteiger partial charge in [-0.2, -0.15) is 0 Å². The van der Waals surface area contributed by atoms with E-state index in [1.807, 2.05) is 73.6 Å². The summed E-state index contributed by atoms with van der Waals surface area (Å²) in [7, 11) is 3.96. The van der Waals surface area contributed by atoms with Crippen LogP contribution >= 0.6 is 0 Å². The zero-order valence-corrected chi connectivity index (χ0v) is 14.5. The molecule has 0 aliphatic rings. The maximum Gasteiger partial charge on any atom is 0.361 e. The number of ether oxygens (including phenoxy) is 1. The lowest BCUT2D eigenvalue weighted by Crippen LogP contribution is -2.08. The number of esters is 1. The summed E-state index contributed by atoms with van der Waals surface area (Å²) in [5, 5.41) is 0. The SMILES string of the molecule is CCOC(=O)c1nc(-c2ccc(N(C)C)cc2)oc1-c1ccccc1. The summed E-state index contributed by atoms with van der Waals surface area (Å²) in [4.78, 5) is 18.7. The van der Waals surface area contributed by atoms with Crippen molar-refractivity contribution in [3.05, 3.63) is 60.3 Å². The number of anilines is 1. The third kappa shape index (κ3) is 3.55. The predicted octanol–water partition coefficient (Wildman–Crippen LogP) is 4.25. The monoisotopic (exact) mass is 336 g/mol. The van der Waals surface area contributed by atoms with Gasteiger partial charge in [0.1, 0.15) is 0 Å². The number of aromatic nitrogens is 1. The van der Waals surface area contributed by atoms with E-state index in [9.17, 15) is 4.79 Å². The first-order chi connectivity index (χ1) is 12.1. The Hall–Kier alpha value is -3.08. The molecule has 1 aromatic heterocycles. The van der Waals surface area contributed by atoms with Gasteiger partial charge < -0.3 is 14.1 Å². The number of benzene rings is 2. The van der Waals surface area contributed by atoms with E-state index in [-0.39, 0.29) is 12.3 Å². The van der Waals surface area contributed by atoms with Gasteiger partial charge in [0.05, 0.1) is 6.61 Å². The first kappa shape index (κ1) is 16.8. The van der Waals surface area contributed by atoms with E-state index in [0.29, 0.717) is 11.7 Å². The molecule has 0 saturated carbocycles. The summed E-state index contributed by atoms with van der Waals surface area (Å²) in [6.45, 7) is 2.05. The zero-order chi connectivity index (χ0) is 17.8. The standard InChI is InChI=1S/C20H20N2O3/c1-4-24-20(23)17-18(14-8-6-5-7-9-14)25-19(21-17)15-10-12-16(13-11-15)22(2)3/h5-13H,4H2,1-3H3. The van der Waals surface area contributed by atoms with Crippen molar-refractivity contribution in [3.8, 4) is 22.8 Å². The van der Waals surface area contributed by atoms with E-state index in [4.69, 9.17) is 9.15 Å². The fraction of sp³-hybridized carbons (Fsp3) is 0.200. The third-order valence-corrected chi connectivity index (χ3v) is 3.76. The predicted molar refractivity (Wildman–Crippen MR) is 97.7 cm³/mol. The van der Waals surface area contributed by atoms with Crippen LogP contribution in [0.2, 0.25) is 0 Å². The molecule has 0 amide bonds. The molecule has 25 heavy (non-hydrogen) atoms. The smallest absolute Gasteiger partial charge is 0.361 e. The highest BCUT2D eigenvalue weighted by atomic mass is 16.5. The molecule has 3 aromatic rings. The molecule has 0 radical (unpaired) electrons. The van der Waals surface area contributed by atoms with Crippen LogP contribution in [0, 0.1) is 0 Å². The van der Waals surface area contributed by atoms with Crippen molar-refractivity contribution < 1.29 is 13.9 Å². The molecule has 128 valence electrons. The van der Waals surface area contributed by atoms with Crippen molar-refractivity contribution >= 4 is 11.7 Å². The molecule has 0 fully saturated rings. The van der Waals surface area contributed by atoms with Crippen molar-refractivity contribution in [3.63, 3.8) is 0 Å². The Bertz CT molecular complexity index is 852. The summed E-state index contributed by atoms with van der Waals surface area (Å²) in [5.74, 6) is 0.333. The van der Waals surface area contributed by atoms with Crippen molar-refractivity contribution in [2.45, 2.75) is 6.92 Å². The third-order valence-electron chi connectivity index (χ3n) is 3.76. The number of hydrogen-bond donors (Lipinski definition) is 0. The molecule has 0 bridgehead atoms. The molecular weight excluding hydrogens is 316 g/mol. The number of hydrogen-bond acceptors (Lipinski definition) is 5. The first-order valence-electron chi connectivity index (χ1n) is 8.11. The van der Waals surface area contributed by atoms with Gasteiger partial charge in [-0.15, -0.1) is 0 Å². The van der Waals surface area contributed by atoms with Gasteiger partial charge in [-0.3, -0.25) is 0 Å². The molecule has 0 saturated heterocycles. The molecule has 0 spiro atoms. The van der Waals surface area contributed by atoms with Gasteiger partial charge in [-0.1, -0.05) is 30.3 Å². The van der Waals surface area contributed by atoms with Crippen LogP contribution in [0.5, 0.6) is 0 Å². The minimum atomic E-state index is -0.485. The molecule has 1 heterocycles. The van der Waals surface area contributed by atoms with Crippen LogP contribution in [0.25, 0.3) is 22.8 Å². The van der Waals surface area contributed by atoms with Crippen LogP contribution < -0.4 is 4.90 Å². The molecule has 5 nitrogen and oxygen atoms in total. The highest BCUT2D eigenvalue weighted by Crippen LogP contribution is 2.31.